The van der Waals surface area contributed by atoms with E-state index >= 15 is 0 Å². The Morgan fingerprint density at radius 3 is 2.85 bits per heavy atom. The van der Waals surface area contributed by atoms with E-state index in [1.165, 1.54) is 0 Å². The minimum atomic E-state index is -0.893. The van der Waals surface area contributed by atoms with Gasteiger partial charge in [-0.25, -0.2) is 4.52 Å². The topological polar surface area (TPSA) is 90.1 Å². The van der Waals surface area contributed by atoms with E-state index in [4.69, 9.17) is 0 Å². The number of nitriles is 1. The SMILES string of the molecule is Cc1cc(-c2cc(N3C[C@@H](C)[C@@](C#N)(C4CC4)C3=O)c3ccnn3c2)n[nH]1. The molecule has 3 aromatic heterocycles. The smallest absolute Gasteiger partial charge is 0.248 e. The van der Waals surface area contributed by atoms with Crippen LogP contribution in [0.5, 0.6) is 0 Å². The summed E-state index contributed by atoms with van der Waals surface area (Å²) < 4.78 is 1.77. The molecular weight excluding hydrogens is 340 g/mol. The first kappa shape index (κ1) is 16.1. The number of amides is 1. The second kappa shape index (κ2) is 5.43. The third-order valence-corrected chi connectivity index (χ3v) is 6.02. The molecule has 1 amide bonds. The van der Waals surface area contributed by atoms with Gasteiger partial charge in [-0.3, -0.25) is 9.89 Å². The number of nitrogens with one attached hydrogen (secondary N) is 1. The number of carbonyl (C=O) groups is 1. The van der Waals surface area contributed by atoms with Crippen molar-refractivity contribution in [3.63, 3.8) is 0 Å². The van der Waals surface area contributed by atoms with Gasteiger partial charge in [0.25, 0.3) is 0 Å². The summed E-state index contributed by atoms with van der Waals surface area (Å²) in [5.41, 5.74) is 3.41. The van der Waals surface area contributed by atoms with Gasteiger partial charge >= 0.3 is 0 Å². The number of nitrogens with zero attached hydrogens (tertiary/aromatic N) is 5. The van der Waals surface area contributed by atoms with E-state index in [0.717, 1.165) is 41.0 Å². The Bertz CT molecular complexity index is 1100. The van der Waals surface area contributed by atoms with Crippen molar-refractivity contribution in [2.45, 2.75) is 26.7 Å². The molecule has 27 heavy (non-hydrogen) atoms. The molecule has 3 aromatic rings. The van der Waals surface area contributed by atoms with Gasteiger partial charge in [-0.2, -0.15) is 15.5 Å². The van der Waals surface area contributed by atoms with Crippen molar-refractivity contribution in [3.05, 3.63) is 36.3 Å². The van der Waals surface area contributed by atoms with Crippen LogP contribution < -0.4 is 4.90 Å². The molecule has 0 bridgehead atoms. The number of hydrogen-bond acceptors (Lipinski definition) is 4. The summed E-state index contributed by atoms with van der Waals surface area (Å²) in [7, 11) is 0. The summed E-state index contributed by atoms with van der Waals surface area (Å²) in [6.45, 7) is 4.52. The normalized spacial score (nSPS) is 25.3. The largest absolute Gasteiger partial charge is 0.309 e. The number of anilines is 1. The number of H-pyrrole nitrogens is 1. The number of pyridine rings is 1. The van der Waals surface area contributed by atoms with Gasteiger partial charge in [0.15, 0.2) is 0 Å². The van der Waals surface area contributed by atoms with E-state index in [1.54, 1.807) is 15.6 Å². The molecule has 7 nitrogen and oxygen atoms in total. The Balaban J connectivity index is 1.66. The van der Waals surface area contributed by atoms with E-state index in [-0.39, 0.29) is 17.7 Å². The fourth-order valence-corrected chi connectivity index (χ4v) is 4.44. The molecule has 0 radical (unpaired) electrons. The molecule has 0 aromatic carbocycles. The predicted molar refractivity (Wildman–Crippen MR) is 99.8 cm³/mol. The van der Waals surface area contributed by atoms with E-state index in [2.05, 4.69) is 21.4 Å². The molecule has 1 aliphatic heterocycles. The van der Waals surface area contributed by atoms with E-state index < -0.39 is 5.41 Å². The van der Waals surface area contributed by atoms with Crippen molar-refractivity contribution in [3.8, 4) is 17.3 Å². The fourth-order valence-electron chi connectivity index (χ4n) is 4.44. The molecule has 1 aliphatic carbocycles. The molecule has 136 valence electrons. The molecule has 2 fully saturated rings. The minimum Gasteiger partial charge on any atom is -0.309 e. The van der Waals surface area contributed by atoms with Crippen LogP contribution in [-0.4, -0.2) is 32.3 Å². The molecular formula is C20H20N6O. The number of carbonyl (C=O) groups excluding carboxylic acids is 1. The summed E-state index contributed by atoms with van der Waals surface area (Å²) in [5, 5.41) is 21.6. The van der Waals surface area contributed by atoms with Crippen LogP contribution in [0.4, 0.5) is 5.69 Å². The summed E-state index contributed by atoms with van der Waals surface area (Å²) >= 11 is 0. The van der Waals surface area contributed by atoms with Gasteiger partial charge in [0.2, 0.25) is 5.91 Å². The maximum absolute atomic E-state index is 13.4. The van der Waals surface area contributed by atoms with Gasteiger partial charge in [-0.1, -0.05) is 6.92 Å². The second-order valence-electron chi connectivity index (χ2n) is 7.78. The lowest BCUT2D eigenvalue weighted by molar-refractivity contribution is -0.124. The number of aryl methyl sites for hydroxylation is 1. The number of hydrogen-bond donors (Lipinski definition) is 1. The van der Waals surface area contributed by atoms with Gasteiger partial charge in [0.05, 0.1) is 29.2 Å². The zero-order chi connectivity index (χ0) is 18.8. The molecule has 2 atom stereocenters. The van der Waals surface area contributed by atoms with Gasteiger partial charge < -0.3 is 4.90 Å². The molecule has 2 aliphatic rings. The zero-order valence-corrected chi connectivity index (χ0v) is 15.3. The van der Waals surface area contributed by atoms with Crippen LogP contribution >= 0.6 is 0 Å². The summed E-state index contributed by atoms with van der Waals surface area (Å²) in [6, 6.07) is 8.25. The van der Waals surface area contributed by atoms with E-state index in [9.17, 15) is 10.1 Å². The van der Waals surface area contributed by atoms with Crippen molar-refractivity contribution in [2.24, 2.45) is 17.3 Å². The lowest BCUT2D eigenvalue weighted by Gasteiger charge is -2.23. The van der Waals surface area contributed by atoms with Gasteiger partial charge in [-0.05, 0) is 43.9 Å². The van der Waals surface area contributed by atoms with Crippen LogP contribution in [0.15, 0.2) is 30.6 Å². The first-order valence-corrected chi connectivity index (χ1v) is 9.27. The fraction of sp³-hybridized carbons (Fsp3) is 0.400. The van der Waals surface area contributed by atoms with Crippen molar-refractivity contribution in [1.29, 1.82) is 5.26 Å². The van der Waals surface area contributed by atoms with Crippen LogP contribution in [0.3, 0.4) is 0 Å². The van der Waals surface area contributed by atoms with Crippen LogP contribution in [0.25, 0.3) is 16.8 Å². The van der Waals surface area contributed by atoms with Crippen LogP contribution in [0.1, 0.15) is 25.5 Å². The van der Waals surface area contributed by atoms with Crippen LogP contribution in [0.2, 0.25) is 0 Å². The standard InChI is InChI=1S/C20H20N6O/c1-12-9-25(19(27)20(12,11-21)15-3-4-15)18-8-14(16-7-13(2)23-24-16)10-26-17(18)5-6-22-26/h5-8,10,12,15H,3-4,9H2,1-2H3,(H,23,24)/t12-,20+/m1/s1. The summed E-state index contributed by atoms with van der Waals surface area (Å²) in [5.74, 6) is 0.119. The highest BCUT2D eigenvalue weighted by Gasteiger charge is 2.61. The summed E-state index contributed by atoms with van der Waals surface area (Å²) in [4.78, 5) is 15.2. The Hall–Kier alpha value is -3.14. The molecule has 7 heteroatoms. The highest BCUT2D eigenvalue weighted by molar-refractivity contribution is 6.05. The average molecular weight is 360 g/mol. The molecule has 1 N–H and O–H groups in total. The first-order chi connectivity index (χ1) is 13.0. The Morgan fingerprint density at radius 1 is 1.37 bits per heavy atom. The molecule has 1 saturated heterocycles. The van der Waals surface area contributed by atoms with Crippen molar-refractivity contribution < 1.29 is 4.79 Å². The first-order valence-electron chi connectivity index (χ1n) is 9.27. The van der Waals surface area contributed by atoms with Crippen molar-refractivity contribution >= 4 is 17.1 Å². The van der Waals surface area contributed by atoms with Gasteiger partial charge in [0, 0.05) is 29.9 Å². The Labute approximate surface area is 156 Å². The molecule has 1 saturated carbocycles. The predicted octanol–water partition coefficient (Wildman–Crippen LogP) is 2.94. The number of aromatic amines is 1. The third-order valence-electron chi connectivity index (χ3n) is 6.02. The van der Waals surface area contributed by atoms with E-state index in [1.807, 2.05) is 38.2 Å². The number of aromatic nitrogens is 4. The van der Waals surface area contributed by atoms with Crippen LogP contribution in [0, 0.1) is 35.5 Å². The van der Waals surface area contributed by atoms with Crippen molar-refractivity contribution in [1.82, 2.24) is 19.8 Å². The maximum Gasteiger partial charge on any atom is 0.248 e. The lowest BCUT2D eigenvalue weighted by Crippen LogP contribution is -2.37. The minimum absolute atomic E-state index is 0.00163. The second-order valence-corrected chi connectivity index (χ2v) is 7.78. The quantitative estimate of drug-likeness (QED) is 0.777. The van der Waals surface area contributed by atoms with Gasteiger partial charge in [0.1, 0.15) is 5.41 Å². The Morgan fingerprint density at radius 2 is 2.19 bits per heavy atom. The third kappa shape index (κ3) is 2.16. The highest BCUT2D eigenvalue weighted by atomic mass is 16.2. The molecule has 5 rings (SSSR count). The number of fused-ring (bicyclic) bond motifs is 1. The maximum atomic E-state index is 13.4. The van der Waals surface area contributed by atoms with Crippen molar-refractivity contribution in [2.75, 3.05) is 11.4 Å². The van der Waals surface area contributed by atoms with E-state index in [0.29, 0.717) is 6.54 Å². The molecule has 0 unspecified atom stereocenters. The monoisotopic (exact) mass is 360 g/mol. The number of rotatable bonds is 3. The van der Waals surface area contributed by atoms with Gasteiger partial charge in [-0.15, -0.1) is 0 Å². The summed E-state index contributed by atoms with van der Waals surface area (Å²) in [6.07, 6.45) is 5.57. The highest BCUT2D eigenvalue weighted by Crippen LogP contribution is 2.54. The molecule has 4 heterocycles. The zero-order valence-electron chi connectivity index (χ0n) is 15.3. The van der Waals surface area contributed by atoms with Crippen LogP contribution in [-0.2, 0) is 4.79 Å². The average Bonchev–Trinajstić information content (AvgIpc) is 3.12. The Kier molecular flexibility index (Phi) is 3.23. The molecule has 0 spiro atoms. The lowest BCUT2D eigenvalue weighted by atomic mass is 9.75.